The summed E-state index contributed by atoms with van der Waals surface area (Å²) in [6.45, 7) is 0. The smallest absolute Gasteiger partial charge is 0.126 e. The van der Waals surface area contributed by atoms with Crippen molar-refractivity contribution in [3.05, 3.63) is 35.4 Å². The number of aliphatic hydroxyl groups is 1. The summed E-state index contributed by atoms with van der Waals surface area (Å²) in [7, 11) is 0. The molecular weight excluding hydrogens is 230 g/mol. The summed E-state index contributed by atoms with van der Waals surface area (Å²) >= 11 is 1.74. The number of hydrogen-bond donors (Lipinski definition) is 1. The minimum absolute atomic E-state index is 0.214. The third kappa shape index (κ3) is 2.95. The molecule has 0 spiro atoms. The second kappa shape index (κ2) is 5.15. The van der Waals surface area contributed by atoms with Crippen LogP contribution in [0.5, 0.6) is 0 Å². The molecule has 2 unspecified atom stereocenters. The molecule has 4 heteroatoms. The van der Waals surface area contributed by atoms with Gasteiger partial charge in [-0.25, -0.2) is 8.78 Å². The van der Waals surface area contributed by atoms with E-state index < -0.39 is 17.7 Å². The highest BCUT2D eigenvalue weighted by molar-refractivity contribution is 8.00. The Bertz CT molecular complexity index is 344. The van der Waals surface area contributed by atoms with Crippen molar-refractivity contribution < 1.29 is 13.9 Å². The highest BCUT2D eigenvalue weighted by Crippen LogP contribution is 2.30. The Hall–Kier alpha value is -0.610. The van der Waals surface area contributed by atoms with Crippen molar-refractivity contribution >= 4 is 11.8 Å². The number of halogens is 2. The Morgan fingerprint density at radius 1 is 1.31 bits per heavy atom. The number of hydrogen-bond acceptors (Lipinski definition) is 2. The van der Waals surface area contributed by atoms with Crippen LogP contribution in [0.25, 0.3) is 0 Å². The first kappa shape index (κ1) is 11.9. The van der Waals surface area contributed by atoms with Gasteiger partial charge in [0.15, 0.2) is 0 Å². The van der Waals surface area contributed by atoms with Crippen molar-refractivity contribution in [1.82, 2.24) is 0 Å². The molecule has 0 amide bonds. The molecule has 1 heterocycles. The van der Waals surface area contributed by atoms with Gasteiger partial charge >= 0.3 is 0 Å². The van der Waals surface area contributed by atoms with Gasteiger partial charge in [-0.15, -0.1) is 0 Å². The first-order chi connectivity index (χ1) is 7.65. The number of thioether (sulfide) groups is 1. The van der Waals surface area contributed by atoms with Gasteiger partial charge < -0.3 is 5.11 Å². The second-order valence-corrected chi connectivity index (χ2v) is 5.45. The molecular formula is C12H14F2OS. The normalized spacial score (nSPS) is 22.3. The van der Waals surface area contributed by atoms with E-state index in [9.17, 15) is 13.9 Å². The van der Waals surface area contributed by atoms with E-state index in [0.29, 0.717) is 12.0 Å². The van der Waals surface area contributed by atoms with Gasteiger partial charge in [-0.2, -0.15) is 11.8 Å². The monoisotopic (exact) mass is 244 g/mol. The van der Waals surface area contributed by atoms with Gasteiger partial charge in [-0.3, -0.25) is 0 Å². The van der Waals surface area contributed by atoms with Crippen molar-refractivity contribution in [2.45, 2.75) is 30.6 Å². The van der Waals surface area contributed by atoms with Crippen molar-refractivity contribution in [3.8, 4) is 0 Å². The van der Waals surface area contributed by atoms with Crippen molar-refractivity contribution in [3.63, 3.8) is 0 Å². The van der Waals surface area contributed by atoms with E-state index >= 15 is 0 Å². The lowest BCUT2D eigenvalue weighted by Crippen LogP contribution is -2.23. The molecule has 1 nitrogen and oxygen atoms in total. The molecule has 2 rings (SSSR count). The molecule has 0 aromatic heterocycles. The van der Waals surface area contributed by atoms with Crippen LogP contribution < -0.4 is 0 Å². The molecule has 1 aliphatic heterocycles. The summed E-state index contributed by atoms with van der Waals surface area (Å²) in [5.74, 6) is -0.0956. The van der Waals surface area contributed by atoms with E-state index in [4.69, 9.17) is 0 Å². The third-order valence-corrected chi connectivity index (χ3v) is 4.26. The SMILES string of the molecule is OC(Cc1cc(F)cc(F)c1)C1CCCS1. The van der Waals surface area contributed by atoms with E-state index in [1.54, 1.807) is 11.8 Å². The van der Waals surface area contributed by atoms with Gasteiger partial charge in [-0.05, 0) is 42.7 Å². The Balaban J connectivity index is 2.02. The van der Waals surface area contributed by atoms with Crippen LogP contribution in [0.2, 0.25) is 0 Å². The highest BCUT2D eigenvalue weighted by atomic mass is 32.2. The van der Waals surface area contributed by atoms with Crippen LogP contribution in [0.1, 0.15) is 18.4 Å². The predicted molar refractivity (Wildman–Crippen MR) is 61.5 cm³/mol. The average molecular weight is 244 g/mol. The topological polar surface area (TPSA) is 20.2 Å². The Labute approximate surface area is 97.9 Å². The zero-order chi connectivity index (χ0) is 11.5. The molecule has 1 saturated heterocycles. The lowest BCUT2D eigenvalue weighted by molar-refractivity contribution is 0.170. The molecule has 0 bridgehead atoms. The summed E-state index contributed by atoms with van der Waals surface area (Å²) in [5, 5.41) is 10.1. The minimum Gasteiger partial charge on any atom is -0.392 e. The van der Waals surface area contributed by atoms with E-state index in [0.717, 1.165) is 24.7 Å². The Morgan fingerprint density at radius 2 is 2.00 bits per heavy atom. The van der Waals surface area contributed by atoms with Gasteiger partial charge in [0.05, 0.1) is 6.10 Å². The quantitative estimate of drug-likeness (QED) is 0.882. The molecule has 16 heavy (non-hydrogen) atoms. The van der Waals surface area contributed by atoms with Gasteiger partial charge in [0.2, 0.25) is 0 Å². The van der Waals surface area contributed by atoms with E-state index in [1.807, 2.05) is 0 Å². The molecule has 2 atom stereocenters. The lowest BCUT2D eigenvalue weighted by atomic mass is 10.0. The van der Waals surface area contributed by atoms with E-state index in [-0.39, 0.29) is 5.25 Å². The van der Waals surface area contributed by atoms with E-state index in [1.165, 1.54) is 12.1 Å². The first-order valence-corrected chi connectivity index (χ1v) is 6.44. The molecule has 0 aliphatic carbocycles. The van der Waals surface area contributed by atoms with Crippen LogP contribution in [-0.4, -0.2) is 22.2 Å². The summed E-state index contributed by atoms with van der Waals surface area (Å²) in [5.41, 5.74) is 0.525. The number of aliphatic hydroxyl groups excluding tert-OH is 1. The zero-order valence-corrected chi connectivity index (χ0v) is 9.64. The van der Waals surface area contributed by atoms with Crippen LogP contribution in [0, 0.1) is 11.6 Å². The van der Waals surface area contributed by atoms with Crippen molar-refractivity contribution in [2.75, 3.05) is 5.75 Å². The van der Waals surface area contributed by atoms with Crippen LogP contribution >= 0.6 is 11.8 Å². The number of rotatable bonds is 3. The average Bonchev–Trinajstić information content (AvgIpc) is 2.68. The fourth-order valence-electron chi connectivity index (χ4n) is 2.01. The van der Waals surface area contributed by atoms with Crippen molar-refractivity contribution in [1.29, 1.82) is 0 Å². The summed E-state index contributed by atoms with van der Waals surface area (Å²) in [6.07, 6.45) is 1.92. The van der Waals surface area contributed by atoms with Gasteiger partial charge in [0.25, 0.3) is 0 Å². The highest BCUT2D eigenvalue weighted by Gasteiger charge is 2.24. The Kier molecular flexibility index (Phi) is 3.82. The van der Waals surface area contributed by atoms with Gasteiger partial charge in [-0.1, -0.05) is 0 Å². The fraction of sp³-hybridized carbons (Fsp3) is 0.500. The van der Waals surface area contributed by atoms with Crippen molar-refractivity contribution in [2.24, 2.45) is 0 Å². The van der Waals surface area contributed by atoms with Crippen LogP contribution in [0.15, 0.2) is 18.2 Å². The largest absolute Gasteiger partial charge is 0.392 e. The lowest BCUT2D eigenvalue weighted by Gasteiger charge is -2.16. The first-order valence-electron chi connectivity index (χ1n) is 5.40. The fourth-order valence-corrected chi connectivity index (χ4v) is 3.30. The molecule has 0 radical (unpaired) electrons. The van der Waals surface area contributed by atoms with Crippen LogP contribution in [0.4, 0.5) is 8.78 Å². The summed E-state index contributed by atoms with van der Waals surface area (Å²) < 4.78 is 25.9. The van der Waals surface area contributed by atoms with E-state index in [2.05, 4.69) is 0 Å². The molecule has 1 aromatic carbocycles. The molecule has 1 fully saturated rings. The maximum Gasteiger partial charge on any atom is 0.126 e. The molecule has 1 N–H and O–H groups in total. The molecule has 1 aliphatic rings. The minimum atomic E-state index is -0.582. The second-order valence-electron chi connectivity index (χ2n) is 4.10. The third-order valence-electron chi connectivity index (χ3n) is 2.76. The molecule has 1 aromatic rings. The maximum atomic E-state index is 12.9. The Morgan fingerprint density at radius 3 is 2.56 bits per heavy atom. The van der Waals surface area contributed by atoms with Crippen LogP contribution in [-0.2, 0) is 6.42 Å². The summed E-state index contributed by atoms with van der Waals surface area (Å²) in [6, 6.07) is 3.41. The maximum absolute atomic E-state index is 12.9. The number of benzene rings is 1. The molecule has 88 valence electrons. The standard InChI is InChI=1S/C12H14F2OS/c13-9-4-8(5-10(14)7-9)6-11(15)12-2-1-3-16-12/h4-5,7,11-12,15H,1-3,6H2. The van der Waals surface area contributed by atoms with Gasteiger partial charge in [0, 0.05) is 11.3 Å². The van der Waals surface area contributed by atoms with Gasteiger partial charge in [0.1, 0.15) is 11.6 Å². The molecule has 0 saturated carbocycles. The van der Waals surface area contributed by atoms with Crippen LogP contribution in [0.3, 0.4) is 0 Å². The summed E-state index contributed by atoms with van der Waals surface area (Å²) in [4.78, 5) is 0. The predicted octanol–water partition coefficient (Wildman–Crippen LogP) is 2.76. The zero-order valence-electron chi connectivity index (χ0n) is 8.83.